The molecule has 0 fully saturated rings. The van der Waals surface area contributed by atoms with Gasteiger partial charge in [-0.05, 0) is 83.3 Å². The van der Waals surface area contributed by atoms with Crippen LogP contribution >= 0.6 is 0 Å². The minimum Gasteiger partial charge on any atom is -0.457 e. The molecule has 0 aliphatic carbocycles. The Labute approximate surface area is 261 Å². The molecule has 4 nitrogen and oxygen atoms in total. The van der Waals surface area contributed by atoms with Crippen LogP contribution in [-0.4, -0.2) is 14.5 Å². The van der Waals surface area contributed by atoms with E-state index in [1.165, 1.54) is 27.6 Å². The van der Waals surface area contributed by atoms with Crippen LogP contribution in [0.5, 0.6) is 11.5 Å². The lowest BCUT2D eigenvalue weighted by atomic mass is 9.95. The van der Waals surface area contributed by atoms with E-state index in [0.717, 1.165) is 50.6 Å². The van der Waals surface area contributed by atoms with Gasteiger partial charge in [-0.2, -0.15) is 0 Å². The number of hydrogen-bond acceptors (Lipinski definition) is 3. The SMILES string of the molecule is Cc1c(-c2ccc(-c3ccccc3)cc2)ccnc1-c1cccc(Oc2ccc3c4ccccc4n(-c4ccccn4)c3c2)c1. The molecule has 4 heteroatoms. The molecule has 8 aromatic rings. The predicted molar refractivity (Wildman–Crippen MR) is 184 cm³/mol. The van der Waals surface area contributed by atoms with Crippen molar-refractivity contribution in [2.45, 2.75) is 6.92 Å². The lowest BCUT2D eigenvalue weighted by Crippen LogP contribution is -1.96. The monoisotopic (exact) mass is 579 g/mol. The van der Waals surface area contributed by atoms with Gasteiger partial charge < -0.3 is 4.74 Å². The molecule has 3 aromatic heterocycles. The molecular weight excluding hydrogens is 550 g/mol. The van der Waals surface area contributed by atoms with Crippen molar-refractivity contribution >= 4 is 21.8 Å². The smallest absolute Gasteiger partial charge is 0.137 e. The standard InChI is InChI=1S/C41H29N3O/c1-28-35(31-19-17-30(18-20-31)29-10-3-2-4-11-29)23-25-43-41(28)32-12-9-13-33(26-32)45-34-21-22-37-36-14-5-6-15-38(36)44(39(37)27-34)40-16-7-8-24-42-40/h2-27H,1H3. The summed E-state index contributed by atoms with van der Waals surface area (Å²) in [5.74, 6) is 2.39. The molecule has 45 heavy (non-hydrogen) atoms. The van der Waals surface area contributed by atoms with Gasteiger partial charge in [0.1, 0.15) is 17.3 Å². The highest BCUT2D eigenvalue weighted by atomic mass is 16.5. The number of fused-ring (bicyclic) bond motifs is 3. The number of aromatic nitrogens is 3. The van der Waals surface area contributed by atoms with Gasteiger partial charge in [0, 0.05) is 34.8 Å². The third kappa shape index (κ3) is 4.92. The second kappa shape index (κ2) is 11.3. The van der Waals surface area contributed by atoms with Crippen LogP contribution < -0.4 is 4.74 Å². The Bertz CT molecular complexity index is 2290. The van der Waals surface area contributed by atoms with E-state index in [1.54, 1.807) is 0 Å². The molecule has 214 valence electrons. The topological polar surface area (TPSA) is 39.9 Å². The van der Waals surface area contributed by atoms with E-state index in [2.05, 4.69) is 120 Å². The van der Waals surface area contributed by atoms with Crippen molar-refractivity contribution in [3.05, 3.63) is 164 Å². The zero-order chi connectivity index (χ0) is 30.2. The van der Waals surface area contributed by atoms with E-state index < -0.39 is 0 Å². The fourth-order valence-corrected chi connectivity index (χ4v) is 6.20. The highest BCUT2D eigenvalue weighted by Gasteiger charge is 2.15. The van der Waals surface area contributed by atoms with E-state index in [1.807, 2.05) is 54.9 Å². The van der Waals surface area contributed by atoms with Crippen LogP contribution in [0.25, 0.3) is 61.1 Å². The van der Waals surface area contributed by atoms with Crippen molar-refractivity contribution in [3.8, 4) is 50.8 Å². The minimum atomic E-state index is 0.756. The molecule has 0 spiro atoms. The summed E-state index contributed by atoms with van der Waals surface area (Å²) >= 11 is 0. The summed E-state index contributed by atoms with van der Waals surface area (Å²) < 4.78 is 8.68. The summed E-state index contributed by atoms with van der Waals surface area (Å²) in [6, 6.07) is 50.1. The molecule has 0 atom stereocenters. The maximum absolute atomic E-state index is 6.48. The van der Waals surface area contributed by atoms with Crippen molar-refractivity contribution < 1.29 is 4.74 Å². The minimum absolute atomic E-state index is 0.756. The van der Waals surface area contributed by atoms with Gasteiger partial charge in [0.05, 0.1) is 16.7 Å². The van der Waals surface area contributed by atoms with E-state index in [-0.39, 0.29) is 0 Å². The first kappa shape index (κ1) is 26.6. The molecular formula is C41H29N3O. The zero-order valence-corrected chi connectivity index (χ0v) is 24.8. The summed E-state index contributed by atoms with van der Waals surface area (Å²) in [6.45, 7) is 2.14. The summed E-state index contributed by atoms with van der Waals surface area (Å²) in [5.41, 5.74) is 9.99. The third-order valence-corrected chi connectivity index (χ3v) is 8.37. The van der Waals surface area contributed by atoms with Gasteiger partial charge in [0.15, 0.2) is 0 Å². The number of nitrogens with zero attached hydrogens (tertiary/aromatic N) is 3. The maximum Gasteiger partial charge on any atom is 0.137 e. The molecule has 3 heterocycles. The molecule has 0 N–H and O–H groups in total. The third-order valence-electron chi connectivity index (χ3n) is 8.37. The number of pyridine rings is 2. The largest absolute Gasteiger partial charge is 0.457 e. The molecule has 0 amide bonds. The summed E-state index contributed by atoms with van der Waals surface area (Å²) in [6.07, 6.45) is 3.72. The molecule has 0 unspecified atom stereocenters. The second-order valence-electron chi connectivity index (χ2n) is 11.1. The van der Waals surface area contributed by atoms with Crippen LogP contribution in [0, 0.1) is 6.92 Å². The van der Waals surface area contributed by atoms with E-state index >= 15 is 0 Å². The number of para-hydroxylation sites is 1. The van der Waals surface area contributed by atoms with Crippen LogP contribution in [0.1, 0.15) is 5.56 Å². The van der Waals surface area contributed by atoms with E-state index in [4.69, 9.17) is 9.72 Å². The average molecular weight is 580 g/mol. The van der Waals surface area contributed by atoms with Gasteiger partial charge in [-0.15, -0.1) is 0 Å². The molecule has 0 bridgehead atoms. The van der Waals surface area contributed by atoms with Gasteiger partial charge in [0.2, 0.25) is 0 Å². The van der Waals surface area contributed by atoms with Gasteiger partial charge in [-0.25, -0.2) is 4.98 Å². The highest BCUT2D eigenvalue weighted by molar-refractivity contribution is 6.09. The fraction of sp³-hybridized carbons (Fsp3) is 0.0244. The highest BCUT2D eigenvalue weighted by Crippen LogP contribution is 2.36. The molecule has 8 rings (SSSR count). The summed E-state index contributed by atoms with van der Waals surface area (Å²) in [4.78, 5) is 9.44. The first-order valence-corrected chi connectivity index (χ1v) is 15.1. The van der Waals surface area contributed by atoms with Gasteiger partial charge in [-0.3, -0.25) is 9.55 Å². The number of hydrogen-bond donors (Lipinski definition) is 0. The maximum atomic E-state index is 6.48. The number of ether oxygens (including phenoxy) is 1. The molecule has 0 radical (unpaired) electrons. The van der Waals surface area contributed by atoms with Crippen molar-refractivity contribution in [2.24, 2.45) is 0 Å². The Morgan fingerprint density at radius 1 is 0.489 bits per heavy atom. The van der Waals surface area contributed by atoms with E-state index in [9.17, 15) is 0 Å². The van der Waals surface area contributed by atoms with Crippen LogP contribution in [0.3, 0.4) is 0 Å². The Balaban J connectivity index is 1.13. The number of benzene rings is 5. The van der Waals surface area contributed by atoms with Crippen molar-refractivity contribution in [1.29, 1.82) is 0 Å². The van der Waals surface area contributed by atoms with Crippen LogP contribution in [-0.2, 0) is 0 Å². The van der Waals surface area contributed by atoms with Gasteiger partial charge in [0.25, 0.3) is 0 Å². The Hall–Kier alpha value is -6.00. The quantitative estimate of drug-likeness (QED) is 0.197. The summed E-state index contributed by atoms with van der Waals surface area (Å²) in [7, 11) is 0. The normalized spacial score (nSPS) is 11.2. The predicted octanol–water partition coefficient (Wildman–Crippen LogP) is 10.7. The van der Waals surface area contributed by atoms with Crippen LogP contribution in [0.15, 0.2) is 158 Å². The molecule has 0 saturated heterocycles. The molecule has 5 aromatic carbocycles. The first-order valence-electron chi connectivity index (χ1n) is 15.1. The van der Waals surface area contributed by atoms with Crippen LogP contribution in [0.2, 0.25) is 0 Å². The average Bonchev–Trinajstić information content (AvgIpc) is 3.43. The van der Waals surface area contributed by atoms with Crippen molar-refractivity contribution in [3.63, 3.8) is 0 Å². The number of rotatable bonds is 6. The van der Waals surface area contributed by atoms with Gasteiger partial charge >= 0.3 is 0 Å². The Morgan fingerprint density at radius 3 is 2.04 bits per heavy atom. The molecule has 0 saturated carbocycles. The van der Waals surface area contributed by atoms with E-state index in [0.29, 0.717) is 0 Å². The zero-order valence-electron chi connectivity index (χ0n) is 24.8. The first-order chi connectivity index (χ1) is 22.2. The summed E-state index contributed by atoms with van der Waals surface area (Å²) in [5, 5.41) is 2.34. The van der Waals surface area contributed by atoms with Crippen molar-refractivity contribution in [1.82, 2.24) is 14.5 Å². The Morgan fingerprint density at radius 2 is 1.20 bits per heavy atom. The lowest BCUT2D eigenvalue weighted by Gasteiger charge is -2.13. The Kier molecular flexibility index (Phi) is 6.65. The second-order valence-corrected chi connectivity index (χ2v) is 11.1. The lowest BCUT2D eigenvalue weighted by molar-refractivity contribution is 0.483. The molecule has 0 aliphatic heterocycles. The fourth-order valence-electron chi connectivity index (χ4n) is 6.20. The van der Waals surface area contributed by atoms with Crippen molar-refractivity contribution in [2.75, 3.05) is 0 Å². The van der Waals surface area contributed by atoms with Gasteiger partial charge in [-0.1, -0.05) is 91.0 Å². The molecule has 0 aliphatic rings. The van der Waals surface area contributed by atoms with Crippen LogP contribution in [0.4, 0.5) is 0 Å².